The lowest BCUT2D eigenvalue weighted by Crippen LogP contribution is -2.52. The Morgan fingerprint density at radius 2 is 1.92 bits per heavy atom. The number of likely N-dealkylation sites (tertiary alicyclic amines) is 1. The van der Waals surface area contributed by atoms with Gasteiger partial charge in [-0.25, -0.2) is 0 Å². The van der Waals surface area contributed by atoms with Crippen LogP contribution < -0.4 is 5.32 Å². The molecule has 0 saturated carbocycles. The summed E-state index contributed by atoms with van der Waals surface area (Å²) < 4.78 is 0. The SMILES string of the molecule is Cc1ccc(C(CNC(=O)C2CCCCN2C(C)C)N(C)C)cc1. The number of carbonyl (C=O) groups is 1. The van der Waals surface area contributed by atoms with Gasteiger partial charge in [-0.3, -0.25) is 9.69 Å². The number of benzene rings is 1. The molecule has 24 heavy (non-hydrogen) atoms. The van der Waals surface area contributed by atoms with Crippen LogP contribution in [0.25, 0.3) is 0 Å². The van der Waals surface area contributed by atoms with Gasteiger partial charge in [-0.05, 0) is 59.8 Å². The molecule has 4 nitrogen and oxygen atoms in total. The third-order valence-electron chi connectivity index (χ3n) is 5.07. The molecule has 2 unspecified atom stereocenters. The maximum atomic E-state index is 12.8. The maximum absolute atomic E-state index is 12.8. The Morgan fingerprint density at radius 1 is 1.25 bits per heavy atom. The number of likely N-dealkylation sites (N-methyl/N-ethyl adjacent to an activating group) is 1. The van der Waals surface area contributed by atoms with Crippen molar-refractivity contribution in [3.05, 3.63) is 35.4 Å². The lowest BCUT2D eigenvalue weighted by atomic mass is 9.99. The van der Waals surface area contributed by atoms with E-state index in [2.05, 4.69) is 74.2 Å². The van der Waals surface area contributed by atoms with Crippen molar-refractivity contribution in [3.8, 4) is 0 Å². The van der Waals surface area contributed by atoms with Gasteiger partial charge in [0.15, 0.2) is 0 Å². The fourth-order valence-corrected chi connectivity index (χ4v) is 3.56. The first-order chi connectivity index (χ1) is 11.4. The van der Waals surface area contributed by atoms with Crippen molar-refractivity contribution in [2.45, 2.75) is 58.2 Å². The molecule has 1 N–H and O–H groups in total. The van der Waals surface area contributed by atoms with Crippen LogP contribution >= 0.6 is 0 Å². The van der Waals surface area contributed by atoms with Crippen LogP contribution in [0.4, 0.5) is 0 Å². The van der Waals surface area contributed by atoms with E-state index in [4.69, 9.17) is 0 Å². The van der Waals surface area contributed by atoms with Crippen LogP contribution in [0.15, 0.2) is 24.3 Å². The number of nitrogens with zero attached hydrogens (tertiary/aromatic N) is 2. The summed E-state index contributed by atoms with van der Waals surface area (Å²) in [6.45, 7) is 8.14. The Kier molecular flexibility index (Phi) is 6.81. The molecule has 1 aromatic carbocycles. The Morgan fingerprint density at radius 3 is 2.50 bits per heavy atom. The zero-order valence-electron chi connectivity index (χ0n) is 15.9. The molecule has 4 heteroatoms. The quantitative estimate of drug-likeness (QED) is 0.870. The van der Waals surface area contributed by atoms with Gasteiger partial charge in [0.05, 0.1) is 12.1 Å². The van der Waals surface area contributed by atoms with E-state index in [1.165, 1.54) is 17.5 Å². The summed E-state index contributed by atoms with van der Waals surface area (Å²) in [7, 11) is 4.13. The van der Waals surface area contributed by atoms with Crippen LogP contribution in [-0.4, -0.2) is 55.0 Å². The van der Waals surface area contributed by atoms with Gasteiger partial charge in [-0.1, -0.05) is 36.2 Å². The summed E-state index contributed by atoms with van der Waals surface area (Å²) in [6.07, 6.45) is 3.32. The molecule has 1 fully saturated rings. The minimum atomic E-state index is 0.0274. The molecule has 1 saturated heterocycles. The molecule has 2 rings (SSSR count). The van der Waals surface area contributed by atoms with Crippen molar-refractivity contribution >= 4 is 5.91 Å². The van der Waals surface area contributed by atoms with Gasteiger partial charge in [0.2, 0.25) is 5.91 Å². The fourth-order valence-electron chi connectivity index (χ4n) is 3.56. The van der Waals surface area contributed by atoms with E-state index in [1.807, 2.05) is 0 Å². The van der Waals surface area contributed by atoms with Crippen LogP contribution in [0.5, 0.6) is 0 Å². The first-order valence-electron chi connectivity index (χ1n) is 9.16. The molecule has 0 radical (unpaired) electrons. The van der Waals surface area contributed by atoms with Gasteiger partial charge in [-0.15, -0.1) is 0 Å². The van der Waals surface area contributed by atoms with E-state index in [1.54, 1.807) is 0 Å². The molecule has 0 aromatic heterocycles. The van der Waals surface area contributed by atoms with E-state index in [-0.39, 0.29) is 18.0 Å². The Labute approximate surface area is 147 Å². The highest BCUT2D eigenvalue weighted by Crippen LogP contribution is 2.21. The predicted octanol–water partition coefficient (Wildman–Crippen LogP) is 2.98. The lowest BCUT2D eigenvalue weighted by Gasteiger charge is -2.38. The minimum absolute atomic E-state index is 0.0274. The maximum Gasteiger partial charge on any atom is 0.237 e. The molecule has 2 atom stereocenters. The average Bonchev–Trinajstić information content (AvgIpc) is 2.56. The van der Waals surface area contributed by atoms with Crippen molar-refractivity contribution in [1.29, 1.82) is 0 Å². The Hall–Kier alpha value is -1.39. The number of aryl methyl sites for hydroxylation is 1. The Balaban J connectivity index is 2.00. The number of rotatable bonds is 6. The molecule has 0 bridgehead atoms. The number of amides is 1. The van der Waals surface area contributed by atoms with Crippen LogP contribution in [0, 0.1) is 6.92 Å². The van der Waals surface area contributed by atoms with Crippen molar-refractivity contribution < 1.29 is 4.79 Å². The highest BCUT2D eigenvalue weighted by molar-refractivity contribution is 5.81. The van der Waals surface area contributed by atoms with Crippen LogP contribution in [-0.2, 0) is 4.79 Å². The highest BCUT2D eigenvalue weighted by Gasteiger charge is 2.30. The standard InChI is InChI=1S/C20H33N3O/c1-15(2)23-13-7-6-8-18(23)20(24)21-14-19(22(4)5)17-11-9-16(3)10-12-17/h9-12,15,18-19H,6-8,13-14H2,1-5H3,(H,21,24). The molecule has 134 valence electrons. The lowest BCUT2D eigenvalue weighted by molar-refractivity contribution is -0.128. The zero-order chi connectivity index (χ0) is 17.7. The van der Waals surface area contributed by atoms with Gasteiger partial charge in [0.25, 0.3) is 0 Å². The van der Waals surface area contributed by atoms with Crippen molar-refractivity contribution in [3.63, 3.8) is 0 Å². The third-order valence-corrected chi connectivity index (χ3v) is 5.07. The van der Waals surface area contributed by atoms with Gasteiger partial charge in [0, 0.05) is 12.6 Å². The van der Waals surface area contributed by atoms with Crippen molar-refractivity contribution in [1.82, 2.24) is 15.1 Å². The minimum Gasteiger partial charge on any atom is -0.353 e. The number of piperidine rings is 1. The van der Waals surface area contributed by atoms with Gasteiger partial charge >= 0.3 is 0 Å². The topological polar surface area (TPSA) is 35.6 Å². The molecule has 1 aromatic rings. The summed E-state index contributed by atoms with van der Waals surface area (Å²) in [5.41, 5.74) is 2.50. The summed E-state index contributed by atoms with van der Waals surface area (Å²) >= 11 is 0. The number of carbonyl (C=O) groups excluding carboxylic acids is 1. The molecular weight excluding hydrogens is 298 g/mol. The molecule has 0 spiro atoms. The van der Waals surface area contributed by atoms with E-state index in [0.717, 1.165) is 19.4 Å². The summed E-state index contributed by atoms with van der Waals surface area (Å²) in [6, 6.07) is 9.23. The monoisotopic (exact) mass is 331 g/mol. The first kappa shape index (κ1) is 18.9. The van der Waals surface area contributed by atoms with Gasteiger partial charge in [0.1, 0.15) is 0 Å². The largest absolute Gasteiger partial charge is 0.353 e. The van der Waals surface area contributed by atoms with Crippen LogP contribution in [0.2, 0.25) is 0 Å². The number of hydrogen-bond donors (Lipinski definition) is 1. The number of hydrogen-bond acceptors (Lipinski definition) is 3. The molecule has 0 aliphatic carbocycles. The molecular formula is C20H33N3O. The normalized spacial score (nSPS) is 20.4. The summed E-state index contributed by atoms with van der Waals surface area (Å²) in [5, 5.41) is 3.21. The second-order valence-electron chi connectivity index (χ2n) is 7.48. The smallest absolute Gasteiger partial charge is 0.237 e. The fraction of sp³-hybridized carbons (Fsp3) is 0.650. The van der Waals surface area contributed by atoms with Gasteiger partial charge < -0.3 is 10.2 Å². The van der Waals surface area contributed by atoms with E-state index in [9.17, 15) is 4.79 Å². The Bertz CT molecular complexity index is 524. The predicted molar refractivity (Wildman–Crippen MR) is 100 cm³/mol. The second kappa shape index (κ2) is 8.63. The molecule has 1 aliphatic rings. The molecule has 1 heterocycles. The van der Waals surface area contributed by atoms with Crippen molar-refractivity contribution in [2.24, 2.45) is 0 Å². The van der Waals surface area contributed by atoms with Crippen LogP contribution in [0.3, 0.4) is 0 Å². The first-order valence-corrected chi connectivity index (χ1v) is 9.16. The second-order valence-corrected chi connectivity index (χ2v) is 7.48. The number of nitrogens with one attached hydrogen (secondary N) is 1. The van der Waals surface area contributed by atoms with E-state index >= 15 is 0 Å². The summed E-state index contributed by atoms with van der Waals surface area (Å²) in [4.78, 5) is 17.3. The van der Waals surface area contributed by atoms with E-state index in [0.29, 0.717) is 12.6 Å². The third kappa shape index (κ3) is 4.81. The van der Waals surface area contributed by atoms with E-state index < -0.39 is 0 Å². The van der Waals surface area contributed by atoms with Crippen molar-refractivity contribution in [2.75, 3.05) is 27.2 Å². The molecule has 1 aliphatic heterocycles. The highest BCUT2D eigenvalue weighted by atomic mass is 16.2. The summed E-state index contributed by atoms with van der Waals surface area (Å²) in [5.74, 6) is 0.183. The van der Waals surface area contributed by atoms with Crippen LogP contribution in [0.1, 0.15) is 50.3 Å². The average molecular weight is 332 g/mol. The molecule has 1 amide bonds. The van der Waals surface area contributed by atoms with Gasteiger partial charge in [-0.2, -0.15) is 0 Å². The zero-order valence-corrected chi connectivity index (χ0v) is 15.9.